The minimum absolute atomic E-state index is 0.0486. The van der Waals surface area contributed by atoms with E-state index in [2.05, 4.69) is 10.3 Å². The van der Waals surface area contributed by atoms with E-state index < -0.39 is 15.9 Å². The maximum Gasteiger partial charge on any atom is 0.262 e. The molecule has 1 aliphatic heterocycles. The average molecular weight is 301 g/mol. The summed E-state index contributed by atoms with van der Waals surface area (Å²) in [6, 6.07) is -0.265. The molecule has 1 atom stereocenters. The minimum Gasteiger partial charge on any atom is -0.369 e. The summed E-state index contributed by atoms with van der Waals surface area (Å²) in [7, 11) is -3.81. The van der Waals surface area contributed by atoms with Crippen molar-refractivity contribution >= 4 is 15.9 Å². The maximum absolute atomic E-state index is 12.6. The summed E-state index contributed by atoms with van der Waals surface area (Å²) in [5.41, 5.74) is 5.18. The van der Waals surface area contributed by atoms with Gasteiger partial charge in [0, 0.05) is 25.3 Å². The van der Waals surface area contributed by atoms with Crippen molar-refractivity contribution in [1.29, 1.82) is 0 Å². The van der Waals surface area contributed by atoms with Gasteiger partial charge in [-0.25, -0.2) is 13.4 Å². The van der Waals surface area contributed by atoms with Gasteiger partial charge < -0.3 is 15.6 Å². The summed E-state index contributed by atoms with van der Waals surface area (Å²) in [5.74, 6) is -0.671. The van der Waals surface area contributed by atoms with Gasteiger partial charge in [-0.15, -0.1) is 0 Å². The van der Waals surface area contributed by atoms with Crippen LogP contribution in [0.3, 0.4) is 0 Å². The number of primary amides is 1. The van der Waals surface area contributed by atoms with Crippen LogP contribution in [-0.2, 0) is 21.4 Å². The Hall–Kier alpha value is -1.45. The first-order valence-corrected chi connectivity index (χ1v) is 7.91. The molecule has 112 valence electrons. The number of nitrogens with zero attached hydrogens (tertiary/aromatic N) is 3. The summed E-state index contributed by atoms with van der Waals surface area (Å²) < 4.78 is 28.0. The van der Waals surface area contributed by atoms with E-state index in [1.54, 1.807) is 4.57 Å². The van der Waals surface area contributed by atoms with E-state index in [9.17, 15) is 13.2 Å². The molecule has 1 saturated heterocycles. The first kappa shape index (κ1) is 14.9. The predicted molar refractivity (Wildman–Crippen MR) is 72.3 cm³/mol. The molecule has 0 saturated carbocycles. The highest BCUT2D eigenvalue weighted by molar-refractivity contribution is 7.89. The van der Waals surface area contributed by atoms with Gasteiger partial charge in [-0.1, -0.05) is 0 Å². The topological polar surface area (TPSA) is 110 Å². The van der Waals surface area contributed by atoms with Gasteiger partial charge in [-0.05, 0) is 19.9 Å². The van der Waals surface area contributed by atoms with Gasteiger partial charge in [0.15, 0.2) is 5.03 Å². The summed E-state index contributed by atoms with van der Waals surface area (Å²) >= 11 is 0. The van der Waals surface area contributed by atoms with Crippen molar-refractivity contribution in [3.63, 3.8) is 0 Å². The Balaban J connectivity index is 2.32. The number of carbonyl (C=O) groups excluding carboxylic acids is 1. The number of hydrogen-bond donors (Lipinski definition) is 2. The third-order valence-corrected chi connectivity index (χ3v) is 5.09. The van der Waals surface area contributed by atoms with Crippen LogP contribution in [0.25, 0.3) is 0 Å². The number of hydrogen-bond acceptors (Lipinski definition) is 5. The summed E-state index contributed by atoms with van der Waals surface area (Å²) in [5, 5.41) is 3.03. The molecule has 0 spiro atoms. The fraction of sp³-hybridized carbons (Fsp3) is 0.636. The minimum atomic E-state index is -3.81. The zero-order valence-corrected chi connectivity index (χ0v) is 12.1. The van der Waals surface area contributed by atoms with Crippen LogP contribution in [0.4, 0.5) is 0 Å². The van der Waals surface area contributed by atoms with Crippen LogP contribution in [0.1, 0.15) is 13.3 Å². The van der Waals surface area contributed by atoms with Crippen molar-refractivity contribution in [2.45, 2.75) is 31.0 Å². The third kappa shape index (κ3) is 3.00. The number of carbonyl (C=O) groups is 1. The molecule has 8 nitrogen and oxygen atoms in total. The Morgan fingerprint density at radius 3 is 2.90 bits per heavy atom. The maximum atomic E-state index is 12.6. The van der Waals surface area contributed by atoms with Gasteiger partial charge in [0.25, 0.3) is 10.0 Å². The smallest absolute Gasteiger partial charge is 0.262 e. The van der Waals surface area contributed by atoms with E-state index >= 15 is 0 Å². The standard InChI is InChI=1S/C11H19N5O3S/c1-2-15-7-11(14-8-15)20(18,19)16(6-10(12)17)9-3-4-13-5-9/h7-9,13H,2-6H2,1H3,(H2,12,17). The molecule has 2 heterocycles. The second-order valence-corrected chi connectivity index (χ2v) is 6.54. The van der Waals surface area contributed by atoms with Crippen molar-refractivity contribution < 1.29 is 13.2 Å². The number of aromatic nitrogens is 2. The van der Waals surface area contributed by atoms with Crippen molar-refractivity contribution in [2.75, 3.05) is 19.6 Å². The Morgan fingerprint density at radius 1 is 1.65 bits per heavy atom. The molecule has 1 fully saturated rings. The molecule has 20 heavy (non-hydrogen) atoms. The molecule has 2 rings (SSSR count). The third-order valence-electron chi connectivity index (χ3n) is 3.30. The normalized spacial score (nSPS) is 19.6. The van der Waals surface area contributed by atoms with Crippen molar-refractivity contribution in [3.05, 3.63) is 12.5 Å². The predicted octanol–water partition coefficient (Wildman–Crippen LogP) is -1.26. The summed E-state index contributed by atoms with van der Waals surface area (Å²) in [6.07, 6.45) is 3.58. The SMILES string of the molecule is CCn1cnc(S(=O)(=O)N(CC(N)=O)C2CCNC2)c1. The number of nitrogens with two attached hydrogens (primary N) is 1. The number of amides is 1. The number of sulfonamides is 1. The van der Waals surface area contributed by atoms with Gasteiger partial charge in [-0.2, -0.15) is 4.31 Å². The Bertz CT molecular complexity index is 577. The lowest BCUT2D eigenvalue weighted by Crippen LogP contribution is -2.46. The largest absolute Gasteiger partial charge is 0.369 e. The first-order chi connectivity index (χ1) is 9.45. The Labute approximate surface area is 118 Å². The Morgan fingerprint density at radius 2 is 2.40 bits per heavy atom. The van der Waals surface area contributed by atoms with E-state index in [1.165, 1.54) is 12.5 Å². The van der Waals surface area contributed by atoms with E-state index in [-0.39, 0.29) is 17.6 Å². The molecule has 9 heteroatoms. The average Bonchev–Trinajstić information content (AvgIpc) is 3.06. The number of rotatable bonds is 6. The van der Waals surface area contributed by atoms with Crippen LogP contribution in [0.15, 0.2) is 17.6 Å². The first-order valence-electron chi connectivity index (χ1n) is 6.47. The van der Waals surface area contributed by atoms with Crippen molar-refractivity contribution in [3.8, 4) is 0 Å². The fourth-order valence-electron chi connectivity index (χ4n) is 2.22. The van der Waals surface area contributed by atoms with E-state index in [4.69, 9.17) is 5.73 Å². The van der Waals surface area contributed by atoms with Crippen LogP contribution in [0, 0.1) is 0 Å². The van der Waals surface area contributed by atoms with E-state index in [1.807, 2.05) is 6.92 Å². The highest BCUT2D eigenvalue weighted by atomic mass is 32.2. The second-order valence-electron chi connectivity index (χ2n) is 4.71. The summed E-state index contributed by atoms with van der Waals surface area (Å²) in [6.45, 7) is 3.43. The van der Waals surface area contributed by atoms with Crippen molar-refractivity contribution in [1.82, 2.24) is 19.2 Å². The van der Waals surface area contributed by atoms with Gasteiger partial charge in [0.1, 0.15) is 0 Å². The second kappa shape index (κ2) is 5.90. The molecule has 0 radical (unpaired) electrons. The van der Waals surface area contributed by atoms with Crippen LogP contribution in [-0.4, -0.2) is 53.9 Å². The van der Waals surface area contributed by atoms with Crippen LogP contribution < -0.4 is 11.1 Å². The van der Waals surface area contributed by atoms with Crippen LogP contribution in [0.2, 0.25) is 0 Å². The highest BCUT2D eigenvalue weighted by Crippen LogP contribution is 2.19. The lowest BCUT2D eigenvalue weighted by Gasteiger charge is -2.25. The Kier molecular flexibility index (Phi) is 4.41. The van der Waals surface area contributed by atoms with Gasteiger partial charge in [-0.3, -0.25) is 4.79 Å². The molecule has 1 unspecified atom stereocenters. The van der Waals surface area contributed by atoms with E-state index in [0.717, 1.165) is 10.8 Å². The number of aryl methyl sites for hydroxylation is 1. The van der Waals surface area contributed by atoms with Crippen LogP contribution >= 0.6 is 0 Å². The molecule has 1 amide bonds. The molecule has 3 N–H and O–H groups in total. The molecule has 0 aliphatic carbocycles. The molecule has 0 aromatic carbocycles. The quantitative estimate of drug-likeness (QED) is 0.681. The van der Waals surface area contributed by atoms with Crippen LogP contribution in [0.5, 0.6) is 0 Å². The monoisotopic (exact) mass is 301 g/mol. The van der Waals surface area contributed by atoms with Gasteiger partial charge >= 0.3 is 0 Å². The molecule has 1 aliphatic rings. The molecule has 1 aromatic rings. The highest BCUT2D eigenvalue weighted by Gasteiger charge is 2.35. The lowest BCUT2D eigenvalue weighted by molar-refractivity contribution is -0.118. The zero-order valence-electron chi connectivity index (χ0n) is 11.3. The molecule has 1 aromatic heterocycles. The zero-order chi connectivity index (χ0) is 14.8. The van der Waals surface area contributed by atoms with Gasteiger partial charge in [0.05, 0.1) is 12.9 Å². The molecule has 0 bridgehead atoms. The summed E-state index contributed by atoms with van der Waals surface area (Å²) in [4.78, 5) is 15.1. The van der Waals surface area contributed by atoms with Crippen molar-refractivity contribution in [2.24, 2.45) is 5.73 Å². The molecular weight excluding hydrogens is 282 g/mol. The number of imidazole rings is 1. The van der Waals surface area contributed by atoms with Gasteiger partial charge in [0.2, 0.25) is 5.91 Å². The molecular formula is C11H19N5O3S. The fourth-order valence-corrected chi connectivity index (χ4v) is 3.77. The van der Waals surface area contributed by atoms with E-state index in [0.29, 0.717) is 19.5 Å². The lowest BCUT2D eigenvalue weighted by atomic mass is 10.2. The number of nitrogens with one attached hydrogen (secondary N) is 1.